The van der Waals surface area contributed by atoms with E-state index in [1.807, 2.05) is 19.9 Å². The zero-order valence-electron chi connectivity index (χ0n) is 24.5. The predicted molar refractivity (Wildman–Crippen MR) is 162 cm³/mol. The van der Waals surface area contributed by atoms with E-state index in [1.165, 1.54) is 5.57 Å². The summed E-state index contributed by atoms with van der Waals surface area (Å²) in [7, 11) is 0. The number of halogens is 1. The molecule has 0 amide bonds. The van der Waals surface area contributed by atoms with Crippen LogP contribution in [0.2, 0.25) is 0 Å². The number of allylic oxidation sites excluding steroid dienone is 9. The Morgan fingerprint density at radius 3 is 2.55 bits per heavy atom. The van der Waals surface area contributed by atoms with Crippen LogP contribution in [0.3, 0.4) is 0 Å². The van der Waals surface area contributed by atoms with Gasteiger partial charge in [-0.3, -0.25) is 0 Å². The minimum absolute atomic E-state index is 0.0252. The first-order valence-corrected chi connectivity index (χ1v) is 14.4. The molecular weight excluding hydrogens is 471 g/mol. The standard InChI is InChI=1S/C34H49FN2O/c1-9-14-15-18-29(16-10-2)32-23-34(25-38-36-32)19-21-37(22-20-34)24-30(17-11-3)28(8)31(13-5)33(35)27(7)26(6)12-4/h5,11,14-15,18,30H,3,8-10,12,16-17,19-25H2,1-2,4,6-7H3/b15-14-,27-26-,29-18+,33-31-. The topological polar surface area (TPSA) is 24.8 Å². The molecule has 0 aromatic carbocycles. The zero-order chi connectivity index (χ0) is 28.1. The van der Waals surface area contributed by atoms with Gasteiger partial charge < -0.3 is 9.74 Å². The van der Waals surface area contributed by atoms with E-state index in [-0.39, 0.29) is 17.2 Å². The Bertz CT molecular complexity index is 1030. The van der Waals surface area contributed by atoms with Crippen LogP contribution in [0.25, 0.3) is 0 Å². The third-order valence-corrected chi connectivity index (χ3v) is 8.17. The average Bonchev–Trinajstić information content (AvgIpc) is 2.93. The molecule has 208 valence electrons. The molecule has 2 aliphatic rings. The van der Waals surface area contributed by atoms with Crippen molar-refractivity contribution in [2.24, 2.45) is 16.5 Å². The minimum atomic E-state index is -0.320. The summed E-state index contributed by atoms with van der Waals surface area (Å²) in [6.45, 7) is 21.7. The highest BCUT2D eigenvalue weighted by Crippen LogP contribution is 2.40. The molecule has 0 radical (unpaired) electrons. The van der Waals surface area contributed by atoms with Crippen LogP contribution in [-0.2, 0) is 4.84 Å². The van der Waals surface area contributed by atoms with Gasteiger partial charge in [0, 0.05) is 24.3 Å². The van der Waals surface area contributed by atoms with Crippen molar-refractivity contribution in [3.63, 3.8) is 0 Å². The van der Waals surface area contributed by atoms with Crippen molar-refractivity contribution < 1.29 is 9.23 Å². The quantitative estimate of drug-likeness (QED) is 0.138. The zero-order valence-corrected chi connectivity index (χ0v) is 24.5. The van der Waals surface area contributed by atoms with E-state index in [2.05, 4.69) is 61.2 Å². The van der Waals surface area contributed by atoms with Crippen molar-refractivity contribution in [2.45, 2.75) is 86.0 Å². The summed E-state index contributed by atoms with van der Waals surface area (Å²) in [6, 6.07) is 0. The number of rotatable bonds is 13. The predicted octanol–water partition coefficient (Wildman–Crippen LogP) is 8.89. The van der Waals surface area contributed by atoms with Crippen LogP contribution in [-0.4, -0.2) is 36.9 Å². The molecule has 2 rings (SSSR count). The fourth-order valence-corrected chi connectivity index (χ4v) is 5.28. The number of piperidine rings is 1. The van der Waals surface area contributed by atoms with Gasteiger partial charge in [0.1, 0.15) is 12.4 Å². The van der Waals surface area contributed by atoms with Crippen LogP contribution in [0.1, 0.15) is 86.0 Å². The molecule has 1 spiro atoms. The van der Waals surface area contributed by atoms with Crippen molar-refractivity contribution in [3.8, 4) is 12.3 Å². The van der Waals surface area contributed by atoms with E-state index in [4.69, 9.17) is 11.3 Å². The van der Waals surface area contributed by atoms with E-state index in [0.717, 1.165) is 75.9 Å². The fourth-order valence-electron chi connectivity index (χ4n) is 5.28. The average molecular weight is 521 g/mol. The minimum Gasteiger partial charge on any atom is -0.395 e. The molecular formula is C34H49FN2O. The summed E-state index contributed by atoms with van der Waals surface area (Å²) in [6.07, 6.45) is 21.9. The van der Waals surface area contributed by atoms with E-state index in [9.17, 15) is 0 Å². The van der Waals surface area contributed by atoms with Gasteiger partial charge in [0.15, 0.2) is 0 Å². The van der Waals surface area contributed by atoms with Crippen molar-refractivity contribution in [1.29, 1.82) is 0 Å². The molecule has 3 nitrogen and oxygen atoms in total. The van der Waals surface area contributed by atoms with Gasteiger partial charge in [0.2, 0.25) is 0 Å². The maximum atomic E-state index is 15.4. The maximum absolute atomic E-state index is 15.4. The monoisotopic (exact) mass is 520 g/mol. The second kappa shape index (κ2) is 15.7. The van der Waals surface area contributed by atoms with Gasteiger partial charge in [-0.05, 0) is 82.2 Å². The Morgan fingerprint density at radius 1 is 1.26 bits per heavy atom. The Labute approximate surface area is 232 Å². The second-order valence-electron chi connectivity index (χ2n) is 10.9. The number of hydrogen-bond donors (Lipinski definition) is 0. The summed E-state index contributed by atoms with van der Waals surface area (Å²) < 4.78 is 15.4. The highest BCUT2D eigenvalue weighted by atomic mass is 19.1. The molecule has 1 unspecified atom stereocenters. The van der Waals surface area contributed by atoms with Crippen LogP contribution in [0.4, 0.5) is 4.39 Å². The highest BCUT2D eigenvalue weighted by Gasteiger charge is 2.40. The van der Waals surface area contributed by atoms with Crippen LogP contribution in [0, 0.1) is 23.7 Å². The van der Waals surface area contributed by atoms with Crippen molar-refractivity contribution in [3.05, 3.63) is 71.2 Å². The summed E-state index contributed by atoms with van der Waals surface area (Å²) in [5.41, 5.74) is 5.13. The Kier molecular flexibility index (Phi) is 13.0. The maximum Gasteiger partial charge on any atom is 0.141 e. The Balaban J connectivity index is 2.13. The first-order chi connectivity index (χ1) is 18.2. The number of terminal acetylenes is 1. The molecule has 0 bridgehead atoms. The van der Waals surface area contributed by atoms with Crippen LogP contribution < -0.4 is 0 Å². The highest BCUT2D eigenvalue weighted by molar-refractivity contribution is 6.00. The van der Waals surface area contributed by atoms with E-state index in [0.29, 0.717) is 29.7 Å². The lowest BCUT2D eigenvalue weighted by Gasteiger charge is -2.43. The summed E-state index contributed by atoms with van der Waals surface area (Å²) in [5.74, 6) is 2.31. The molecule has 1 fully saturated rings. The van der Waals surface area contributed by atoms with Crippen molar-refractivity contribution in [1.82, 2.24) is 4.90 Å². The van der Waals surface area contributed by atoms with Gasteiger partial charge in [-0.15, -0.1) is 13.0 Å². The van der Waals surface area contributed by atoms with Gasteiger partial charge in [-0.2, -0.15) is 0 Å². The number of oxime groups is 1. The Morgan fingerprint density at radius 2 is 1.97 bits per heavy atom. The van der Waals surface area contributed by atoms with Gasteiger partial charge in [-0.25, -0.2) is 4.39 Å². The number of nitrogens with zero attached hydrogens (tertiary/aromatic N) is 2. The van der Waals surface area contributed by atoms with E-state index < -0.39 is 0 Å². The molecule has 0 aromatic rings. The molecule has 38 heavy (non-hydrogen) atoms. The smallest absolute Gasteiger partial charge is 0.141 e. The SMILES string of the molecule is C#C/C(C(=C)C(CC=C)CN1CCC2(CC1)CON=C(/C(=C/C=C\CC)CCC)C2)=C(F)\C(C)=C(\C)CC. The largest absolute Gasteiger partial charge is 0.395 e. The third kappa shape index (κ3) is 8.43. The second-order valence-corrected chi connectivity index (χ2v) is 10.9. The summed E-state index contributed by atoms with van der Waals surface area (Å²) in [5, 5.41) is 4.48. The molecule has 0 saturated carbocycles. The van der Waals surface area contributed by atoms with Crippen molar-refractivity contribution >= 4 is 5.71 Å². The molecule has 2 aliphatic heterocycles. The molecule has 4 heteroatoms. The molecule has 1 saturated heterocycles. The van der Waals surface area contributed by atoms with E-state index >= 15 is 4.39 Å². The summed E-state index contributed by atoms with van der Waals surface area (Å²) in [4.78, 5) is 8.30. The summed E-state index contributed by atoms with van der Waals surface area (Å²) >= 11 is 0. The molecule has 0 N–H and O–H groups in total. The Hall–Kier alpha value is -2.64. The first-order valence-electron chi connectivity index (χ1n) is 14.4. The van der Waals surface area contributed by atoms with E-state index in [1.54, 1.807) is 6.92 Å². The molecule has 1 atom stereocenters. The first kappa shape index (κ1) is 31.6. The number of hydrogen-bond acceptors (Lipinski definition) is 3. The van der Waals surface area contributed by atoms with Crippen LogP contribution in [0.5, 0.6) is 0 Å². The fraction of sp³-hybridized carbons (Fsp3) is 0.559. The lowest BCUT2D eigenvalue weighted by molar-refractivity contribution is -0.00872. The van der Waals surface area contributed by atoms with Crippen LogP contribution in [0.15, 0.2) is 76.3 Å². The molecule has 0 aromatic heterocycles. The molecule has 0 aliphatic carbocycles. The number of likely N-dealkylation sites (tertiary alicyclic amines) is 1. The normalized spacial score (nSPS) is 20.2. The van der Waals surface area contributed by atoms with Crippen molar-refractivity contribution in [2.75, 3.05) is 26.2 Å². The third-order valence-electron chi connectivity index (χ3n) is 8.17. The van der Waals surface area contributed by atoms with Crippen LogP contribution >= 0.6 is 0 Å². The lowest BCUT2D eigenvalue weighted by Crippen LogP contribution is -2.46. The van der Waals surface area contributed by atoms with Gasteiger partial charge in [0.05, 0.1) is 11.3 Å². The lowest BCUT2D eigenvalue weighted by atomic mass is 9.73. The van der Waals surface area contributed by atoms with Gasteiger partial charge in [-0.1, -0.05) is 74.7 Å². The molecule has 2 heterocycles. The van der Waals surface area contributed by atoms with Gasteiger partial charge in [0.25, 0.3) is 0 Å². The van der Waals surface area contributed by atoms with Gasteiger partial charge >= 0.3 is 0 Å².